The first-order valence-corrected chi connectivity index (χ1v) is 48.0. The first kappa shape index (κ1) is 93.6. The first-order valence-electron chi connectivity index (χ1n) is 48.0. The molecule has 8 fully saturated rings. The Morgan fingerprint density at radius 2 is 0.600 bits per heavy atom. The lowest BCUT2D eigenvalue weighted by Gasteiger charge is -2.58. The summed E-state index contributed by atoms with van der Waals surface area (Å²) in [5, 5.41) is 22.5. The second kappa shape index (κ2) is 39.4. The third kappa shape index (κ3) is 19.2. The molecule has 16 aromatic rings. The number of anilines is 4. The lowest BCUT2D eigenvalue weighted by atomic mass is 9.60. The van der Waals surface area contributed by atoms with Crippen molar-refractivity contribution in [2.75, 3.05) is 95.9 Å². The smallest absolute Gasteiger partial charge is 0.298 e. The number of benzene rings is 4. The van der Waals surface area contributed by atoms with Crippen LogP contribution in [0.1, 0.15) is 109 Å². The number of nitrogens with zero attached hydrogens (tertiary/aromatic N) is 25. The topological polar surface area (TPSA) is 451 Å². The molecular formula is C108H103N29O8. The number of likely N-dealkylation sites (tertiary alicyclic amines) is 4. The Morgan fingerprint density at radius 1 is 0.338 bits per heavy atom. The first-order chi connectivity index (χ1) is 70.6. The van der Waals surface area contributed by atoms with E-state index in [-0.39, 0.29) is 69.5 Å². The maximum atomic E-state index is 12.4. The van der Waals surface area contributed by atoms with E-state index in [2.05, 4.69) is 95.3 Å². The van der Waals surface area contributed by atoms with E-state index in [1.54, 1.807) is 51.6 Å². The number of carbonyl (C=O) groups is 4. The van der Waals surface area contributed by atoms with Gasteiger partial charge in [0.25, 0.3) is 17.7 Å². The molecule has 728 valence electrons. The summed E-state index contributed by atoms with van der Waals surface area (Å²) in [5.74, 6) is 22.8. The molecule has 4 amide bonds. The second-order valence-corrected chi connectivity index (χ2v) is 38.5. The predicted molar refractivity (Wildman–Crippen MR) is 544 cm³/mol. The molecule has 24 rings (SSSR count). The van der Waals surface area contributed by atoms with Crippen molar-refractivity contribution in [2.45, 2.75) is 109 Å². The standard InChI is InChI=1S/C28H30N8O2.2C27H25N7O2.C26H23N7O2/c1-34(2)12-6-9-23(37)35-16-28(17-35)13-19(14-28)36-27-24(26(29)31-18-32-27)25(33-36)22-11-10-21(15-30-22)38-20-7-4-3-5-8-20;2*1-2-6-22(35)33-12-11-27(16-33)13-18(14-27)34-26-23(25(28)30-17-31-26)24(32-34)21-10-9-20(15-29-21)36-19-7-4-3-5-8-19;1-2-6-21(34)32-14-26(15-32)11-17(12-26)33-25-22(24(27)29-16-30-25)23(31-33)20-10-9-19(13-28-20)35-18-7-4-3-5-8-18/h3-11,15,18-19H,12-14,16-17H2,1-2H3,(H2,29,31,32);2*3-5,7-10,15,17-18H,11-14,16H2,1H3,(H2,28,30,31);3-5,7-10,13,16-17H,11-12,14-15H2,1H3,(H2,27,29,30)/b9-6+;;;. The highest BCUT2D eigenvalue weighted by atomic mass is 16.5. The Hall–Kier alpha value is -17.7. The van der Waals surface area contributed by atoms with Crippen LogP contribution in [0.5, 0.6) is 46.0 Å². The Morgan fingerprint density at radius 3 is 0.862 bits per heavy atom. The van der Waals surface area contributed by atoms with Gasteiger partial charge < -0.3 is 66.4 Å². The number of fused-ring (bicyclic) bond motifs is 4. The molecule has 4 aromatic carbocycles. The number of likely N-dealkylation sites (N-methyl/N-ethyl adjacent to an activating group) is 1. The molecule has 37 heteroatoms. The van der Waals surface area contributed by atoms with Gasteiger partial charge in [0, 0.05) is 75.8 Å². The summed E-state index contributed by atoms with van der Waals surface area (Å²) < 4.78 is 31.3. The zero-order chi connectivity index (χ0) is 99.7. The van der Waals surface area contributed by atoms with E-state index in [0.717, 1.165) is 146 Å². The average molecular weight is 1940 g/mol. The molecule has 16 heterocycles. The van der Waals surface area contributed by atoms with Crippen LogP contribution in [0.4, 0.5) is 23.3 Å². The zero-order valence-electron chi connectivity index (χ0n) is 80.4. The summed E-state index contributed by atoms with van der Waals surface area (Å²) in [7, 11) is 3.97. The van der Waals surface area contributed by atoms with Crippen LogP contribution < -0.4 is 41.9 Å². The molecule has 4 aliphatic carbocycles. The van der Waals surface area contributed by atoms with Crippen molar-refractivity contribution in [3.8, 4) is 127 Å². The number of nitrogen functional groups attached to an aromatic ring is 4. The summed E-state index contributed by atoms with van der Waals surface area (Å²) in [6, 6.07) is 53.9. The van der Waals surface area contributed by atoms with Gasteiger partial charge in [-0.1, -0.05) is 96.6 Å². The number of amides is 4. The number of nitrogens with two attached hydrogens (primary N) is 4. The fraction of sp³-hybridized carbons (Fsp3) is 0.296. The normalized spacial score (nSPS) is 16.5. The summed E-state index contributed by atoms with van der Waals surface area (Å²) in [5.41, 5.74) is 33.7. The molecule has 145 heavy (non-hydrogen) atoms. The van der Waals surface area contributed by atoms with Gasteiger partial charge in [-0.2, -0.15) is 20.4 Å². The quantitative estimate of drug-likeness (QED) is 0.0431. The van der Waals surface area contributed by atoms with Crippen LogP contribution in [-0.2, 0) is 19.2 Å². The number of hydrogen-bond acceptors (Lipinski definition) is 29. The van der Waals surface area contributed by atoms with Gasteiger partial charge in [0.15, 0.2) is 22.6 Å². The van der Waals surface area contributed by atoms with Crippen LogP contribution in [0.3, 0.4) is 0 Å². The molecule has 4 aliphatic heterocycles. The summed E-state index contributed by atoms with van der Waals surface area (Å²) >= 11 is 0. The van der Waals surface area contributed by atoms with Crippen molar-refractivity contribution in [1.82, 2.24) is 123 Å². The Balaban J connectivity index is 0.000000114. The third-order valence-corrected chi connectivity index (χ3v) is 28.2. The lowest BCUT2D eigenvalue weighted by molar-refractivity contribution is -0.149. The van der Waals surface area contributed by atoms with Crippen LogP contribution in [0.2, 0.25) is 0 Å². The number of para-hydroxylation sites is 4. The summed E-state index contributed by atoms with van der Waals surface area (Å²) in [6.45, 7) is 11.8. The summed E-state index contributed by atoms with van der Waals surface area (Å²) in [6.07, 6.45) is 25.6. The Kier molecular flexibility index (Phi) is 25.5. The predicted octanol–water partition coefficient (Wildman–Crippen LogP) is 14.7. The van der Waals surface area contributed by atoms with Crippen LogP contribution in [-0.4, -0.2) is 220 Å². The molecule has 0 radical (unpaired) electrons. The van der Waals surface area contributed by atoms with Crippen LogP contribution in [0.15, 0.2) is 232 Å². The van der Waals surface area contributed by atoms with Crippen LogP contribution in [0.25, 0.3) is 89.7 Å². The van der Waals surface area contributed by atoms with Crippen molar-refractivity contribution in [3.05, 3.63) is 232 Å². The van der Waals surface area contributed by atoms with E-state index in [0.29, 0.717) is 136 Å². The maximum absolute atomic E-state index is 12.4. The largest absolute Gasteiger partial charge is 0.456 e. The molecule has 8 N–H and O–H groups in total. The fourth-order valence-electron chi connectivity index (χ4n) is 21.2. The minimum absolute atomic E-state index is 0.0824. The second-order valence-electron chi connectivity index (χ2n) is 38.5. The van der Waals surface area contributed by atoms with Gasteiger partial charge in [0.1, 0.15) is 117 Å². The highest BCUT2D eigenvalue weighted by Crippen LogP contribution is 2.59. The molecule has 0 bridgehead atoms. The molecule has 37 nitrogen and oxygen atoms in total. The molecule has 0 unspecified atom stereocenters. The number of hydrogen-bond donors (Lipinski definition) is 4. The number of pyridine rings is 4. The average Bonchev–Trinajstić information content (AvgIpc) is 1.67. The van der Waals surface area contributed by atoms with Gasteiger partial charge in [-0.05, 0) is 225 Å². The molecule has 8 aliphatic rings. The van der Waals surface area contributed by atoms with E-state index in [4.69, 9.17) is 62.3 Å². The van der Waals surface area contributed by atoms with E-state index in [9.17, 15) is 19.2 Å². The van der Waals surface area contributed by atoms with Crippen molar-refractivity contribution in [3.63, 3.8) is 0 Å². The van der Waals surface area contributed by atoms with E-state index >= 15 is 0 Å². The highest BCUT2D eigenvalue weighted by molar-refractivity contribution is 6.01. The number of rotatable bonds is 19. The maximum Gasteiger partial charge on any atom is 0.298 e. The van der Waals surface area contributed by atoms with Crippen LogP contribution >= 0.6 is 0 Å². The highest BCUT2D eigenvalue weighted by Gasteiger charge is 2.57. The van der Waals surface area contributed by atoms with Gasteiger partial charge >= 0.3 is 0 Å². The van der Waals surface area contributed by atoms with Crippen molar-refractivity contribution in [1.29, 1.82) is 0 Å². The minimum atomic E-state index is -0.0975. The molecular weight excluding hydrogens is 1830 g/mol. The Labute approximate surface area is 833 Å². The molecule has 4 saturated heterocycles. The summed E-state index contributed by atoms with van der Waals surface area (Å²) in [4.78, 5) is 112. The van der Waals surface area contributed by atoms with Gasteiger partial charge in [-0.15, -0.1) is 0 Å². The monoisotopic (exact) mass is 1930 g/mol. The third-order valence-electron chi connectivity index (χ3n) is 28.2. The van der Waals surface area contributed by atoms with Crippen LogP contribution in [0, 0.1) is 57.2 Å². The minimum Gasteiger partial charge on any atom is -0.456 e. The molecule has 4 spiro atoms. The number of aromatic nitrogens is 20. The molecule has 12 aromatic heterocycles. The molecule has 0 atom stereocenters. The van der Waals surface area contributed by atoms with E-state index in [1.807, 2.05) is 233 Å². The molecule has 4 saturated carbocycles. The van der Waals surface area contributed by atoms with Crippen molar-refractivity contribution >= 4 is 91.0 Å². The zero-order valence-corrected chi connectivity index (χ0v) is 80.4. The number of ether oxygens (including phenoxy) is 4. The van der Waals surface area contributed by atoms with E-state index < -0.39 is 0 Å². The van der Waals surface area contributed by atoms with Gasteiger partial charge in [0.05, 0.1) is 93.3 Å². The fourth-order valence-corrected chi connectivity index (χ4v) is 21.2. The van der Waals surface area contributed by atoms with E-state index in [1.165, 1.54) is 25.3 Å². The SMILES string of the molecule is CC#CC(=O)N1CC2(CC(n3nc(-c4ccc(Oc5ccccc5)cn4)c4c(N)ncnc43)C2)C1.CC#CC(=O)N1CCC2(CC(n3nc(-c4ccc(Oc5ccccc5)cn4)c4c(N)ncnc43)C2)C1.CC#CC(=O)N1CCC2(CC(n3nc(-c4ccc(Oc5ccccc5)cn4)c4c(N)ncnc43)C2)C1.CN(C)C/C=C/C(=O)N1CC2(CC(n3nc(-c4ccc(Oc5ccccc5)cn4)c4c(N)ncnc43)C2)C1. The van der Waals surface area contributed by atoms with Gasteiger partial charge in [0.2, 0.25) is 5.91 Å². The van der Waals surface area contributed by atoms with Gasteiger partial charge in [-0.3, -0.25) is 39.1 Å². The van der Waals surface area contributed by atoms with Gasteiger partial charge in [-0.25, -0.2) is 58.6 Å². The number of carbonyl (C=O) groups excluding carboxylic acids is 4. The van der Waals surface area contributed by atoms with Crippen molar-refractivity contribution in [2.24, 2.45) is 21.7 Å². The van der Waals surface area contributed by atoms with Crippen molar-refractivity contribution < 1.29 is 38.1 Å². The Bertz CT molecular complexity index is 7560. The lowest BCUT2D eigenvalue weighted by Crippen LogP contribution is -2.63.